The second-order valence-corrected chi connectivity index (χ2v) is 6.34. The molecule has 5 heteroatoms. The van der Waals surface area contributed by atoms with Gasteiger partial charge in [-0.25, -0.2) is 0 Å². The van der Waals surface area contributed by atoms with Crippen LogP contribution in [0.15, 0.2) is 47.8 Å². The Bertz CT molecular complexity index is 640. The van der Waals surface area contributed by atoms with E-state index in [9.17, 15) is 9.59 Å². The number of hydrogen-bond acceptors (Lipinski definition) is 3. The van der Waals surface area contributed by atoms with Crippen molar-refractivity contribution in [1.29, 1.82) is 0 Å². The third-order valence-corrected chi connectivity index (χ3v) is 4.64. The topological polar surface area (TPSA) is 40.6 Å². The molecule has 2 aromatic rings. The molecule has 1 aromatic heterocycles. The molecule has 0 atom stereocenters. The third kappa shape index (κ3) is 3.36. The lowest BCUT2D eigenvalue weighted by Gasteiger charge is -2.22. The van der Waals surface area contributed by atoms with E-state index in [4.69, 9.17) is 0 Å². The first-order valence-electron chi connectivity index (χ1n) is 7.39. The Morgan fingerprint density at radius 3 is 2.64 bits per heavy atom. The van der Waals surface area contributed by atoms with Gasteiger partial charge in [0.15, 0.2) is 0 Å². The Balaban J connectivity index is 1.67. The summed E-state index contributed by atoms with van der Waals surface area (Å²) in [7, 11) is 0. The molecule has 1 aromatic carbocycles. The van der Waals surface area contributed by atoms with Crippen LogP contribution in [-0.4, -0.2) is 36.3 Å². The maximum Gasteiger partial charge on any atom is 0.246 e. The van der Waals surface area contributed by atoms with Crippen LogP contribution in [0.1, 0.15) is 11.3 Å². The molecule has 0 saturated carbocycles. The number of amides is 2. The molecule has 0 radical (unpaired) electrons. The molecule has 22 heavy (non-hydrogen) atoms. The molecule has 0 N–H and O–H groups in total. The molecule has 2 amide bonds. The van der Waals surface area contributed by atoms with E-state index in [0.717, 1.165) is 17.0 Å². The molecule has 1 fully saturated rings. The van der Waals surface area contributed by atoms with Crippen molar-refractivity contribution in [2.24, 2.45) is 0 Å². The van der Waals surface area contributed by atoms with E-state index in [-0.39, 0.29) is 18.4 Å². The van der Waals surface area contributed by atoms with Crippen molar-refractivity contribution < 1.29 is 9.59 Å². The predicted octanol–water partition coefficient (Wildman–Crippen LogP) is 2.56. The SMILES string of the molecule is O=C(Cc1cccs1)N1CCCN(c2ccccc2)C(=O)C1. The molecule has 1 saturated heterocycles. The van der Waals surface area contributed by atoms with Crippen LogP contribution in [0.4, 0.5) is 5.69 Å². The third-order valence-electron chi connectivity index (χ3n) is 3.76. The van der Waals surface area contributed by atoms with Gasteiger partial charge in [-0.05, 0) is 30.0 Å². The summed E-state index contributed by atoms with van der Waals surface area (Å²) in [4.78, 5) is 29.3. The Morgan fingerprint density at radius 1 is 1.09 bits per heavy atom. The summed E-state index contributed by atoms with van der Waals surface area (Å²) in [5.41, 5.74) is 0.903. The Kier molecular flexibility index (Phi) is 4.53. The first kappa shape index (κ1) is 14.8. The highest BCUT2D eigenvalue weighted by molar-refractivity contribution is 7.10. The maximum atomic E-state index is 12.5. The lowest BCUT2D eigenvalue weighted by Crippen LogP contribution is -2.40. The second-order valence-electron chi connectivity index (χ2n) is 5.31. The van der Waals surface area contributed by atoms with E-state index in [2.05, 4.69) is 0 Å². The van der Waals surface area contributed by atoms with Gasteiger partial charge in [0, 0.05) is 23.7 Å². The van der Waals surface area contributed by atoms with Crippen LogP contribution in [0.25, 0.3) is 0 Å². The van der Waals surface area contributed by atoms with Crippen LogP contribution in [0, 0.1) is 0 Å². The van der Waals surface area contributed by atoms with Gasteiger partial charge in [0.1, 0.15) is 6.54 Å². The summed E-state index contributed by atoms with van der Waals surface area (Å²) in [6, 6.07) is 13.5. The first-order valence-corrected chi connectivity index (χ1v) is 8.27. The molecule has 114 valence electrons. The van der Waals surface area contributed by atoms with Gasteiger partial charge in [0.25, 0.3) is 0 Å². The Labute approximate surface area is 134 Å². The number of rotatable bonds is 3. The summed E-state index contributed by atoms with van der Waals surface area (Å²) in [6.45, 7) is 1.46. The van der Waals surface area contributed by atoms with E-state index in [1.807, 2.05) is 47.8 Å². The standard InChI is InChI=1S/C17H18N2O2S/c20-16(12-15-8-4-11-22-15)18-9-5-10-19(17(21)13-18)14-6-2-1-3-7-14/h1-4,6-8,11H,5,9-10,12-13H2. The van der Waals surface area contributed by atoms with Crippen LogP contribution in [0.2, 0.25) is 0 Å². The van der Waals surface area contributed by atoms with Gasteiger partial charge < -0.3 is 9.80 Å². The second kappa shape index (κ2) is 6.75. The van der Waals surface area contributed by atoms with Gasteiger partial charge >= 0.3 is 0 Å². The summed E-state index contributed by atoms with van der Waals surface area (Å²) >= 11 is 1.58. The fourth-order valence-electron chi connectivity index (χ4n) is 2.64. The molecular weight excluding hydrogens is 296 g/mol. The zero-order valence-corrected chi connectivity index (χ0v) is 13.1. The zero-order chi connectivity index (χ0) is 15.4. The van der Waals surface area contributed by atoms with E-state index >= 15 is 0 Å². The van der Waals surface area contributed by atoms with E-state index in [0.29, 0.717) is 19.5 Å². The average molecular weight is 314 g/mol. The monoisotopic (exact) mass is 314 g/mol. The zero-order valence-electron chi connectivity index (χ0n) is 12.3. The van der Waals surface area contributed by atoms with Crippen molar-refractivity contribution in [1.82, 2.24) is 4.90 Å². The first-order chi connectivity index (χ1) is 10.7. The Morgan fingerprint density at radius 2 is 1.91 bits per heavy atom. The minimum atomic E-state index is -0.0109. The van der Waals surface area contributed by atoms with Crippen LogP contribution in [0.3, 0.4) is 0 Å². The fraction of sp³-hybridized carbons (Fsp3) is 0.294. The summed E-state index contributed by atoms with van der Waals surface area (Å²) in [5.74, 6) is 0.0222. The number of benzene rings is 1. The van der Waals surface area contributed by atoms with Crippen molar-refractivity contribution >= 4 is 28.8 Å². The number of nitrogens with zero attached hydrogens (tertiary/aromatic N) is 2. The van der Waals surface area contributed by atoms with Crippen LogP contribution < -0.4 is 4.90 Å². The summed E-state index contributed by atoms with van der Waals surface area (Å²) in [6.07, 6.45) is 1.19. The molecule has 1 aliphatic rings. The largest absolute Gasteiger partial charge is 0.333 e. The van der Waals surface area contributed by atoms with Crippen molar-refractivity contribution in [3.63, 3.8) is 0 Å². The lowest BCUT2D eigenvalue weighted by molar-refractivity contribution is -0.134. The van der Waals surface area contributed by atoms with Crippen molar-refractivity contribution in [2.45, 2.75) is 12.8 Å². The normalized spacial score (nSPS) is 15.7. The quantitative estimate of drug-likeness (QED) is 0.873. The van der Waals surface area contributed by atoms with E-state index < -0.39 is 0 Å². The molecule has 2 heterocycles. The molecule has 3 rings (SSSR count). The summed E-state index contributed by atoms with van der Waals surface area (Å²) < 4.78 is 0. The Hall–Kier alpha value is -2.14. The minimum absolute atomic E-state index is 0.0109. The van der Waals surface area contributed by atoms with Gasteiger partial charge in [-0.2, -0.15) is 0 Å². The number of hydrogen-bond donors (Lipinski definition) is 0. The van der Waals surface area contributed by atoms with Crippen molar-refractivity contribution in [3.8, 4) is 0 Å². The molecule has 0 bridgehead atoms. The fourth-order valence-corrected chi connectivity index (χ4v) is 3.34. The lowest BCUT2D eigenvalue weighted by atomic mass is 10.2. The van der Waals surface area contributed by atoms with Gasteiger partial charge in [0.05, 0.1) is 6.42 Å². The number of anilines is 1. The van der Waals surface area contributed by atoms with Crippen LogP contribution in [0.5, 0.6) is 0 Å². The van der Waals surface area contributed by atoms with Gasteiger partial charge in [0.2, 0.25) is 11.8 Å². The van der Waals surface area contributed by atoms with E-state index in [1.165, 1.54) is 0 Å². The number of carbonyl (C=O) groups excluding carboxylic acids is 2. The van der Waals surface area contributed by atoms with Crippen LogP contribution >= 0.6 is 11.3 Å². The molecule has 4 nitrogen and oxygen atoms in total. The molecule has 1 aliphatic heterocycles. The number of carbonyl (C=O) groups is 2. The smallest absolute Gasteiger partial charge is 0.246 e. The summed E-state index contributed by atoms with van der Waals surface area (Å²) in [5, 5.41) is 1.97. The average Bonchev–Trinajstić information content (AvgIpc) is 2.95. The van der Waals surface area contributed by atoms with E-state index in [1.54, 1.807) is 21.1 Å². The highest BCUT2D eigenvalue weighted by atomic mass is 32.1. The highest BCUT2D eigenvalue weighted by Crippen LogP contribution is 2.18. The minimum Gasteiger partial charge on any atom is -0.333 e. The van der Waals surface area contributed by atoms with Gasteiger partial charge in [-0.3, -0.25) is 9.59 Å². The van der Waals surface area contributed by atoms with Gasteiger partial charge in [-0.15, -0.1) is 11.3 Å². The molecule has 0 unspecified atom stereocenters. The van der Waals surface area contributed by atoms with Crippen molar-refractivity contribution in [2.75, 3.05) is 24.5 Å². The van der Waals surface area contributed by atoms with Crippen LogP contribution in [-0.2, 0) is 16.0 Å². The predicted molar refractivity (Wildman–Crippen MR) is 88.0 cm³/mol. The van der Waals surface area contributed by atoms with Crippen molar-refractivity contribution in [3.05, 3.63) is 52.7 Å². The maximum absolute atomic E-state index is 12.5. The number of para-hydroxylation sites is 1. The highest BCUT2D eigenvalue weighted by Gasteiger charge is 2.25. The molecular formula is C17H18N2O2S. The number of thiophene rings is 1. The molecule has 0 spiro atoms. The molecule has 0 aliphatic carbocycles. The van der Waals surface area contributed by atoms with Gasteiger partial charge in [-0.1, -0.05) is 24.3 Å².